The second-order valence-corrected chi connectivity index (χ2v) is 6.66. The molecule has 1 aliphatic carbocycles. The summed E-state index contributed by atoms with van der Waals surface area (Å²) in [5.41, 5.74) is 3.44. The second kappa shape index (κ2) is 5.94. The van der Waals surface area contributed by atoms with E-state index >= 15 is 0 Å². The number of hydrogen-bond donors (Lipinski definition) is 1. The Morgan fingerprint density at radius 1 is 1.21 bits per heavy atom. The lowest BCUT2D eigenvalue weighted by Gasteiger charge is -2.38. The lowest BCUT2D eigenvalue weighted by molar-refractivity contribution is 0.212. The second-order valence-electron chi connectivity index (χ2n) is 6.66. The summed E-state index contributed by atoms with van der Waals surface area (Å²) in [6.45, 7) is 11.2. The molecule has 3 atom stereocenters. The molecule has 1 aromatic heterocycles. The number of rotatable bonds is 3. The number of anilines is 1. The summed E-state index contributed by atoms with van der Waals surface area (Å²) in [6, 6.07) is 4.90. The molecule has 0 bridgehead atoms. The molecule has 0 spiro atoms. The molecular weight excluding hydrogens is 232 g/mol. The summed E-state index contributed by atoms with van der Waals surface area (Å²) in [5.74, 6) is 2.38. The number of nitrogens with one attached hydrogen (secondary N) is 1. The van der Waals surface area contributed by atoms with Gasteiger partial charge in [0.15, 0.2) is 0 Å². The van der Waals surface area contributed by atoms with E-state index in [4.69, 9.17) is 0 Å². The van der Waals surface area contributed by atoms with Gasteiger partial charge in [-0.25, -0.2) is 0 Å². The van der Waals surface area contributed by atoms with E-state index in [1.54, 1.807) is 0 Å². The Bertz CT molecular complexity index is 425. The van der Waals surface area contributed by atoms with Gasteiger partial charge in [0.1, 0.15) is 0 Å². The average molecular weight is 260 g/mol. The van der Waals surface area contributed by atoms with Crippen LogP contribution < -0.4 is 5.32 Å². The van der Waals surface area contributed by atoms with Crippen molar-refractivity contribution in [2.75, 3.05) is 5.32 Å². The van der Waals surface area contributed by atoms with Crippen LogP contribution in [0, 0.1) is 31.6 Å². The third kappa shape index (κ3) is 3.49. The molecule has 2 nitrogen and oxygen atoms in total. The van der Waals surface area contributed by atoms with Crippen LogP contribution in [0.15, 0.2) is 12.1 Å². The van der Waals surface area contributed by atoms with Gasteiger partial charge in [-0.05, 0) is 56.6 Å². The topological polar surface area (TPSA) is 24.9 Å². The molecule has 1 N–H and O–H groups in total. The highest BCUT2D eigenvalue weighted by molar-refractivity contribution is 5.48. The van der Waals surface area contributed by atoms with Crippen molar-refractivity contribution < 1.29 is 0 Å². The highest BCUT2D eigenvalue weighted by Crippen LogP contribution is 2.35. The molecule has 1 saturated carbocycles. The SMILES string of the molecule is Cc1ccc(NC2CC(C)CCC2C(C)C)c(C)n1. The Kier molecular flexibility index (Phi) is 4.49. The zero-order valence-electron chi connectivity index (χ0n) is 13.0. The Morgan fingerprint density at radius 2 is 1.95 bits per heavy atom. The summed E-state index contributed by atoms with van der Waals surface area (Å²) < 4.78 is 0. The minimum atomic E-state index is 0.604. The standard InChI is InChI=1S/C17H28N2/c1-11(2)15-8-6-12(3)10-17(15)19-16-9-7-13(4)18-14(16)5/h7,9,11-12,15,17,19H,6,8,10H2,1-5H3. The number of hydrogen-bond acceptors (Lipinski definition) is 2. The first-order valence-corrected chi connectivity index (χ1v) is 7.68. The first-order valence-electron chi connectivity index (χ1n) is 7.68. The quantitative estimate of drug-likeness (QED) is 0.861. The minimum Gasteiger partial charge on any atom is -0.381 e. The molecule has 0 radical (unpaired) electrons. The van der Waals surface area contributed by atoms with Crippen LogP contribution in [0.2, 0.25) is 0 Å². The van der Waals surface area contributed by atoms with Crippen LogP contribution >= 0.6 is 0 Å². The summed E-state index contributed by atoms with van der Waals surface area (Å²) >= 11 is 0. The lowest BCUT2D eigenvalue weighted by atomic mass is 9.74. The van der Waals surface area contributed by atoms with Gasteiger partial charge in [0.05, 0.1) is 11.4 Å². The molecule has 2 heteroatoms. The van der Waals surface area contributed by atoms with Crippen LogP contribution in [0.25, 0.3) is 0 Å². The maximum Gasteiger partial charge on any atom is 0.0606 e. The Labute approximate surface area is 118 Å². The molecule has 1 fully saturated rings. The van der Waals surface area contributed by atoms with Crippen LogP contribution in [0.1, 0.15) is 51.4 Å². The number of aromatic nitrogens is 1. The predicted octanol–water partition coefficient (Wildman–Crippen LogP) is 4.57. The van der Waals surface area contributed by atoms with Crippen molar-refractivity contribution in [3.05, 3.63) is 23.5 Å². The van der Waals surface area contributed by atoms with E-state index in [-0.39, 0.29) is 0 Å². The first-order chi connectivity index (χ1) is 8.97. The van der Waals surface area contributed by atoms with Crippen molar-refractivity contribution in [3.8, 4) is 0 Å². The Morgan fingerprint density at radius 3 is 2.58 bits per heavy atom. The van der Waals surface area contributed by atoms with E-state index in [0.717, 1.165) is 29.1 Å². The van der Waals surface area contributed by atoms with Crippen LogP contribution in [-0.2, 0) is 0 Å². The van der Waals surface area contributed by atoms with E-state index in [9.17, 15) is 0 Å². The molecule has 106 valence electrons. The van der Waals surface area contributed by atoms with Crippen LogP contribution in [0.4, 0.5) is 5.69 Å². The smallest absolute Gasteiger partial charge is 0.0606 e. The highest BCUT2D eigenvalue weighted by atomic mass is 15.0. The predicted molar refractivity (Wildman–Crippen MR) is 82.5 cm³/mol. The molecular formula is C17H28N2. The average Bonchev–Trinajstić information content (AvgIpc) is 2.32. The number of nitrogens with zero attached hydrogens (tertiary/aromatic N) is 1. The van der Waals surface area contributed by atoms with Crippen LogP contribution in [0.5, 0.6) is 0 Å². The number of aryl methyl sites for hydroxylation is 2. The zero-order chi connectivity index (χ0) is 14.0. The van der Waals surface area contributed by atoms with Gasteiger partial charge in [-0.1, -0.05) is 27.2 Å². The normalized spacial score (nSPS) is 27.6. The van der Waals surface area contributed by atoms with Crippen molar-refractivity contribution in [3.63, 3.8) is 0 Å². The molecule has 0 aromatic carbocycles. The maximum atomic E-state index is 4.57. The fourth-order valence-electron chi connectivity index (χ4n) is 3.41. The molecule has 0 aliphatic heterocycles. The zero-order valence-corrected chi connectivity index (χ0v) is 13.0. The fraction of sp³-hybridized carbons (Fsp3) is 0.706. The third-order valence-corrected chi connectivity index (χ3v) is 4.59. The number of pyridine rings is 1. The van der Waals surface area contributed by atoms with E-state index in [2.05, 4.69) is 57.1 Å². The van der Waals surface area contributed by atoms with Gasteiger partial charge in [0, 0.05) is 11.7 Å². The van der Waals surface area contributed by atoms with Crippen LogP contribution in [0.3, 0.4) is 0 Å². The molecule has 1 heterocycles. The molecule has 0 amide bonds. The largest absolute Gasteiger partial charge is 0.381 e. The summed E-state index contributed by atoms with van der Waals surface area (Å²) in [5, 5.41) is 3.78. The summed E-state index contributed by atoms with van der Waals surface area (Å²) in [4.78, 5) is 4.57. The van der Waals surface area contributed by atoms with E-state index in [1.807, 2.05) is 0 Å². The minimum absolute atomic E-state index is 0.604. The summed E-state index contributed by atoms with van der Waals surface area (Å²) in [7, 11) is 0. The van der Waals surface area contributed by atoms with Crippen molar-refractivity contribution in [1.29, 1.82) is 0 Å². The van der Waals surface area contributed by atoms with Gasteiger partial charge in [0.2, 0.25) is 0 Å². The van der Waals surface area contributed by atoms with E-state index in [0.29, 0.717) is 6.04 Å². The van der Waals surface area contributed by atoms with E-state index < -0.39 is 0 Å². The maximum absolute atomic E-state index is 4.57. The Hall–Kier alpha value is -1.05. The molecule has 19 heavy (non-hydrogen) atoms. The summed E-state index contributed by atoms with van der Waals surface area (Å²) in [6.07, 6.45) is 4.02. The van der Waals surface area contributed by atoms with Gasteiger partial charge >= 0.3 is 0 Å². The molecule has 1 aliphatic rings. The monoisotopic (exact) mass is 260 g/mol. The highest BCUT2D eigenvalue weighted by Gasteiger charge is 2.30. The van der Waals surface area contributed by atoms with Gasteiger partial charge in [0.25, 0.3) is 0 Å². The molecule has 0 saturated heterocycles. The first kappa shape index (κ1) is 14.4. The van der Waals surface area contributed by atoms with Gasteiger partial charge < -0.3 is 5.32 Å². The van der Waals surface area contributed by atoms with Crippen molar-refractivity contribution in [1.82, 2.24) is 4.98 Å². The van der Waals surface area contributed by atoms with Crippen LogP contribution in [-0.4, -0.2) is 11.0 Å². The Balaban J connectivity index is 2.14. The van der Waals surface area contributed by atoms with Gasteiger partial charge in [-0.2, -0.15) is 0 Å². The van der Waals surface area contributed by atoms with Crippen molar-refractivity contribution >= 4 is 5.69 Å². The van der Waals surface area contributed by atoms with Gasteiger partial charge in [-0.15, -0.1) is 0 Å². The fourth-order valence-corrected chi connectivity index (χ4v) is 3.41. The van der Waals surface area contributed by atoms with Gasteiger partial charge in [-0.3, -0.25) is 4.98 Å². The van der Waals surface area contributed by atoms with E-state index in [1.165, 1.54) is 24.9 Å². The molecule has 3 unspecified atom stereocenters. The van der Waals surface area contributed by atoms with Crippen molar-refractivity contribution in [2.45, 2.75) is 59.9 Å². The lowest BCUT2D eigenvalue weighted by Crippen LogP contribution is -2.38. The third-order valence-electron chi connectivity index (χ3n) is 4.59. The molecule has 1 aromatic rings. The van der Waals surface area contributed by atoms with Crippen molar-refractivity contribution in [2.24, 2.45) is 17.8 Å². The molecule has 2 rings (SSSR count).